The molecule has 1 amide bonds. The molecule has 32 heavy (non-hydrogen) atoms. The molecule has 168 valence electrons. The number of hydrogen-bond donors (Lipinski definition) is 0. The summed E-state index contributed by atoms with van der Waals surface area (Å²) in [5, 5.41) is 0.529. The minimum atomic E-state index is -0.534. The molecule has 6 heteroatoms. The van der Waals surface area contributed by atoms with E-state index in [1.54, 1.807) is 4.90 Å². The summed E-state index contributed by atoms with van der Waals surface area (Å²) in [6.07, 6.45) is 0.761. The SMILES string of the molecule is CCCN1C(=O)c2oc3cc(C)cc(C)c3c(=O)c2C1c1ccc(OCC)c(OCC)c1. The summed E-state index contributed by atoms with van der Waals surface area (Å²) < 4.78 is 17.6. The lowest BCUT2D eigenvalue weighted by Gasteiger charge is -2.25. The number of hydrogen-bond acceptors (Lipinski definition) is 5. The molecule has 3 aromatic rings. The van der Waals surface area contributed by atoms with Gasteiger partial charge in [-0.05, 0) is 69.0 Å². The van der Waals surface area contributed by atoms with E-state index in [2.05, 4.69) is 0 Å². The van der Waals surface area contributed by atoms with Crippen LogP contribution in [0.25, 0.3) is 11.0 Å². The molecule has 1 unspecified atom stereocenters. The van der Waals surface area contributed by atoms with Gasteiger partial charge in [-0.2, -0.15) is 0 Å². The molecule has 1 aliphatic heterocycles. The highest BCUT2D eigenvalue weighted by molar-refractivity contribution is 5.99. The number of amides is 1. The Morgan fingerprint density at radius 2 is 1.69 bits per heavy atom. The fourth-order valence-electron chi connectivity index (χ4n) is 4.57. The largest absolute Gasteiger partial charge is 0.490 e. The molecule has 0 N–H and O–H groups in total. The number of carbonyl (C=O) groups is 1. The topological polar surface area (TPSA) is 69.0 Å². The quantitative estimate of drug-likeness (QED) is 0.513. The Morgan fingerprint density at radius 3 is 2.38 bits per heavy atom. The molecule has 0 radical (unpaired) electrons. The smallest absolute Gasteiger partial charge is 0.290 e. The molecule has 0 saturated heterocycles. The van der Waals surface area contributed by atoms with Gasteiger partial charge in [-0.25, -0.2) is 0 Å². The number of aryl methyl sites for hydroxylation is 2. The Kier molecular flexibility index (Phi) is 5.96. The minimum Gasteiger partial charge on any atom is -0.490 e. The molecule has 1 atom stereocenters. The van der Waals surface area contributed by atoms with Crippen LogP contribution in [0.5, 0.6) is 11.5 Å². The number of nitrogens with zero attached hydrogens (tertiary/aromatic N) is 1. The van der Waals surface area contributed by atoms with Gasteiger partial charge in [0.2, 0.25) is 5.76 Å². The van der Waals surface area contributed by atoms with E-state index in [-0.39, 0.29) is 17.1 Å². The summed E-state index contributed by atoms with van der Waals surface area (Å²) >= 11 is 0. The molecule has 0 spiro atoms. The first kappa shape index (κ1) is 21.9. The van der Waals surface area contributed by atoms with E-state index in [0.717, 1.165) is 23.1 Å². The molecular weight excluding hydrogens is 406 g/mol. The predicted octanol–water partition coefficient (Wildman–Crippen LogP) is 5.16. The number of carbonyl (C=O) groups excluding carboxylic acids is 1. The van der Waals surface area contributed by atoms with Crippen LogP contribution in [0.1, 0.15) is 66.0 Å². The zero-order chi connectivity index (χ0) is 23.0. The van der Waals surface area contributed by atoms with Gasteiger partial charge < -0.3 is 18.8 Å². The van der Waals surface area contributed by atoms with E-state index in [4.69, 9.17) is 13.9 Å². The third-order valence-electron chi connectivity index (χ3n) is 5.76. The molecule has 0 aliphatic carbocycles. The third-order valence-corrected chi connectivity index (χ3v) is 5.76. The Morgan fingerprint density at radius 1 is 0.969 bits per heavy atom. The molecule has 0 saturated carbocycles. The highest BCUT2D eigenvalue weighted by Gasteiger charge is 2.42. The zero-order valence-corrected chi connectivity index (χ0v) is 19.3. The maximum atomic E-state index is 13.7. The molecule has 2 heterocycles. The molecule has 2 aromatic carbocycles. The van der Waals surface area contributed by atoms with Gasteiger partial charge >= 0.3 is 0 Å². The van der Waals surface area contributed by atoms with Crippen LogP contribution in [0.2, 0.25) is 0 Å². The van der Waals surface area contributed by atoms with E-state index < -0.39 is 6.04 Å². The van der Waals surface area contributed by atoms with Crippen molar-refractivity contribution in [1.29, 1.82) is 0 Å². The zero-order valence-electron chi connectivity index (χ0n) is 19.3. The maximum absolute atomic E-state index is 13.7. The Hall–Kier alpha value is -3.28. The summed E-state index contributed by atoms with van der Waals surface area (Å²) in [4.78, 5) is 28.8. The van der Waals surface area contributed by atoms with Gasteiger partial charge in [0.1, 0.15) is 5.58 Å². The van der Waals surface area contributed by atoms with Crippen molar-refractivity contribution in [2.45, 2.75) is 47.1 Å². The summed E-state index contributed by atoms with van der Waals surface area (Å²) in [7, 11) is 0. The van der Waals surface area contributed by atoms with Gasteiger partial charge in [-0.15, -0.1) is 0 Å². The maximum Gasteiger partial charge on any atom is 0.290 e. The highest BCUT2D eigenvalue weighted by atomic mass is 16.5. The molecule has 4 rings (SSSR count). The normalized spacial score (nSPS) is 15.3. The van der Waals surface area contributed by atoms with Crippen molar-refractivity contribution in [3.63, 3.8) is 0 Å². The van der Waals surface area contributed by atoms with Gasteiger partial charge in [0.05, 0.1) is 30.2 Å². The molecular formula is C26H29NO5. The number of benzene rings is 2. The first-order valence-electron chi connectivity index (χ1n) is 11.2. The van der Waals surface area contributed by atoms with Crippen molar-refractivity contribution in [1.82, 2.24) is 4.90 Å². The summed E-state index contributed by atoms with van der Waals surface area (Å²) in [5.74, 6) is 1.12. The molecule has 0 fully saturated rings. The Balaban J connectivity index is 1.97. The number of rotatable bonds is 7. The van der Waals surface area contributed by atoms with Crippen molar-refractivity contribution in [3.05, 3.63) is 68.6 Å². The molecule has 0 bridgehead atoms. The van der Waals surface area contributed by atoms with E-state index in [9.17, 15) is 9.59 Å². The van der Waals surface area contributed by atoms with Gasteiger partial charge in [-0.3, -0.25) is 9.59 Å². The van der Waals surface area contributed by atoms with Crippen LogP contribution in [0.15, 0.2) is 39.5 Å². The summed E-state index contributed by atoms with van der Waals surface area (Å²) in [5.41, 5.74) is 3.33. The van der Waals surface area contributed by atoms with Crippen molar-refractivity contribution in [2.24, 2.45) is 0 Å². The lowest BCUT2D eigenvalue weighted by molar-refractivity contribution is 0.0728. The van der Waals surface area contributed by atoms with Gasteiger partial charge in [-0.1, -0.05) is 19.1 Å². The van der Waals surface area contributed by atoms with Crippen LogP contribution in [-0.4, -0.2) is 30.6 Å². The van der Waals surface area contributed by atoms with Crippen molar-refractivity contribution in [2.75, 3.05) is 19.8 Å². The monoisotopic (exact) mass is 435 g/mol. The van der Waals surface area contributed by atoms with Crippen molar-refractivity contribution >= 4 is 16.9 Å². The van der Waals surface area contributed by atoms with Gasteiger partial charge in [0.25, 0.3) is 5.91 Å². The lowest BCUT2D eigenvalue weighted by atomic mass is 9.96. The Bertz CT molecular complexity index is 1240. The van der Waals surface area contributed by atoms with Crippen LogP contribution in [0, 0.1) is 13.8 Å². The minimum absolute atomic E-state index is 0.137. The first-order chi connectivity index (χ1) is 15.4. The molecule has 1 aromatic heterocycles. The highest BCUT2D eigenvalue weighted by Crippen LogP contribution is 2.41. The number of fused-ring (bicyclic) bond motifs is 2. The molecule has 1 aliphatic rings. The second-order valence-electron chi connectivity index (χ2n) is 8.10. The molecule has 6 nitrogen and oxygen atoms in total. The second-order valence-corrected chi connectivity index (χ2v) is 8.10. The number of ether oxygens (including phenoxy) is 2. The van der Waals surface area contributed by atoms with E-state index >= 15 is 0 Å². The summed E-state index contributed by atoms with van der Waals surface area (Å²) in [6, 6.07) is 8.86. The fraction of sp³-hybridized carbons (Fsp3) is 0.385. The van der Waals surface area contributed by atoms with E-state index in [0.29, 0.717) is 47.8 Å². The lowest BCUT2D eigenvalue weighted by Crippen LogP contribution is -2.30. The van der Waals surface area contributed by atoms with Crippen molar-refractivity contribution < 1.29 is 18.7 Å². The van der Waals surface area contributed by atoms with Gasteiger partial charge in [0.15, 0.2) is 16.9 Å². The van der Waals surface area contributed by atoms with Crippen LogP contribution in [-0.2, 0) is 0 Å². The fourth-order valence-corrected chi connectivity index (χ4v) is 4.57. The van der Waals surface area contributed by atoms with Crippen LogP contribution in [0.4, 0.5) is 0 Å². The van der Waals surface area contributed by atoms with Crippen molar-refractivity contribution in [3.8, 4) is 11.5 Å². The first-order valence-corrected chi connectivity index (χ1v) is 11.2. The average Bonchev–Trinajstić information content (AvgIpc) is 3.02. The van der Waals surface area contributed by atoms with Crippen LogP contribution < -0.4 is 14.9 Å². The van der Waals surface area contributed by atoms with Crippen LogP contribution >= 0.6 is 0 Å². The van der Waals surface area contributed by atoms with Crippen LogP contribution in [0.3, 0.4) is 0 Å². The van der Waals surface area contributed by atoms with E-state index in [1.807, 2.05) is 65.0 Å². The Labute approximate surface area is 187 Å². The standard InChI is InChI=1S/C26H29NO5/c1-6-11-27-23(17-9-10-18(30-7-2)19(14-17)31-8-3)22-24(28)21-16(5)12-15(4)13-20(21)32-25(22)26(27)29/h9-10,12-14,23H,6-8,11H2,1-5H3. The average molecular weight is 436 g/mol. The summed E-state index contributed by atoms with van der Waals surface area (Å²) in [6.45, 7) is 11.2. The third kappa shape index (κ3) is 3.53. The second kappa shape index (κ2) is 8.69. The predicted molar refractivity (Wildman–Crippen MR) is 124 cm³/mol. The van der Waals surface area contributed by atoms with E-state index in [1.165, 1.54) is 0 Å². The van der Waals surface area contributed by atoms with Gasteiger partial charge in [0, 0.05) is 6.54 Å².